The molecule has 0 bridgehead atoms. The number of fused-ring (bicyclic) bond motifs is 1. The molecule has 8 nitrogen and oxygen atoms in total. The highest BCUT2D eigenvalue weighted by Crippen LogP contribution is 2.44. The van der Waals surface area contributed by atoms with Gasteiger partial charge in [0, 0.05) is 13.1 Å². The number of benzene rings is 1. The summed E-state index contributed by atoms with van der Waals surface area (Å²) in [6.07, 6.45) is 4.29. The van der Waals surface area contributed by atoms with Crippen molar-refractivity contribution in [2.75, 3.05) is 6.61 Å². The average Bonchev–Trinajstić information content (AvgIpc) is 3.58. The molecule has 0 unspecified atom stereocenters. The molecule has 0 radical (unpaired) electrons. The Labute approximate surface area is 212 Å². The van der Waals surface area contributed by atoms with E-state index >= 15 is 0 Å². The van der Waals surface area contributed by atoms with Gasteiger partial charge in [0.2, 0.25) is 11.4 Å². The van der Waals surface area contributed by atoms with E-state index in [0.717, 1.165) is 24.8 Å². The van der Waals surface area contributed by atoms with E-state index in [2.05, 4.69) is 65.6 Å². The second-order valence-electron chi connectivity index (χ2n) is 8.73. The summed E-state index contributed by atoms with van der Waals surface area (Å²) in [6, 6.07) is 11.8. The maximum atomic E-state index is 11.6. The summed E-state index contributed by atoms with van der Waals surface area (Å²) in [6.45, 7) is 12.9. The lowest BCUT2D eigenvalue weighted by Crippen LogP contribution is -2.27. The van der Waals surface area contributed by atoms with Gasteiger partial charge in [-0.05, 0) is 36.5 Å². The van der Waals surface area contributed by atoms with Crippen LogP contribution in [-0.4, -0.2) is 33.0 Å². The standard InChI is InChI=1S/C26H27N5O3.C2H6.H2/c1-4-17-7-9-18(10-8-17)21-13-26(6-3,15-33-21)25-29-23(34-30-25)14-31-16-27-24-19(20(31)5-2)11-12-22(32)28-24;1-2;/h7-12,16,21H,2,4,6,13-15H2,1,3H3,(H,28,32);1-2H3;1H/t21-,26+;;/m1../s1. The Hall–Kier alpha value is -3.74. The number of aromatic amines is 1. The van der Waals surface area contributed by atoms with E-state index in [-0.39, 0.29) is 18.5 Å². The van der Waals surface area contributed by atoms with Crippen molar-refractivity contribution >= 4 is 17.9 Å². The number of rotatable bonds is 6. The molecule has 190 valence electrons. The molecule has 0 amide bonds. The van der Waals surface area contributed by atoms with Gasteiger partial charge in [-0.3, -0.25) is 4.79 Å². The number of hydrogen-bond acceptors (Lipinski definition) is 7. The minimum atomic E-state index is -0.297. The third-order valence-corrected chi connectivity index (χ3v) is 6.76. The van der Waals surface area contributed by atoms with E-state index in [1.54, 1.807) is 12.4 Å². The van der Waals surface area contributed by atoms with Gasteiger partial charge < -0.3 is 19.1 Å². The third kappa shape index (κ3) is 4.83. The summed E-state index contributed by atoms with van der Waals surface area (Å²) in [7, 11) is 0. The molecule has 1 fully saturated rings. The zero-order chi connectivity index (χ0) is 25.7. The number of aliphatic imine (C=N–C) groups is 1. The number of ether oxygens (including phenoxy) is 1. The van der Waals surface area contributed by atoms with Gasteiger partial charge in [-0.15, -0.1) is 5.73 Å². The van der Waals surface area contributed by atoms with E-state index in [4.69, 9.17) is 14.2 Å². The highest BCUT2D eigenvalue weighted by atomic mass is 16.5. The fraction of sp³-hybridized carbons (Fsp3) is 0.393. The van der Waals surface area contributed by atoms with Gasteiger partial charge in [0.25, 0.3) is 0 Å². The smallest absolute Gasteiger partial charge is 0.249 e. The SMILES string of the molecule is C=C=C1c2ccc(=O)[nH]c2N=CN1Cc1nc([C@]2(CC)CO[C@@H](c3ccc(CC)cc3)C2)no1.CC.[HH]. The lowest BCUT2D eigenvalue weighted by molar-refractivity contribution is 0.103. The quantitative estimate of drug-likeness (QED) is 0.446. The van der Waals surface area contributed by atoms with E-state index in [1.807, 2.05) is 18.7 Å². The fourth-order valence-corrected chi connectivity index (χ4v) is 4.57. The molecule has 8 heteroatoms. The second-order valence-corrected chi connectivity index (χ2v) is 8.73. The van der Waals surface area contributed by atoms with Gasteiger partial charge in [-0.25, -0.2) is 4.99 Å². The van der Waals surface area contributed by atoms with Crippen LogP contribution < -0.4 is 5.56 Å². The molecule has 4 heterocycles. The van der Waals surface area contributed by atoms with Crippen molar-refractivity contribution in [1.82, 2.24) is 20.0 Å². The van der Waals surface area contributed by atoms with Gasteiger partial charge in [0.15, 0.2) is 5.82 Å². The Morgan fingerprint density at radius 1 is 1.22 bits per heavy atom. The molecular formula is C28H35N5O3. The summed E-state index contributed by atoms with van der Waals surface area (Å²) in [5, 5.41) is 4.34. The van der Waals surface area contributed by atoms with Gasteiger partial charge in [-0.1, -0.05) is 63.7 Å². The van der Waals surface area contributed by atoms with Crippen LogP contribution in [0.25, 0.3) is 5.70 Å². The van der Waals surface area contributed by atoms with Crippen molar-refractivity contribution in [2.45, 2.75) is 65.0 Å². The molecule has 0 saturated carbocycles. The van der Waals surface area contributed by atoms with Gasteiger partial charge >= 0.3 is 0 Å². The van der Waals surface area contributed by atoms with Crippen LogP contribution in [0.15, 0.2) is 63.0 Å². The highest BCUT2D eigenvalue weighted by molar-refractivity contribution is 5.85. The number of hydrogen-bond donors (Lipinski definition) is 1. The molecule has 36 heavy (non-hydrogen) atoms. The molecular weight excluding hydrogens is 454 g/mol. The molecule has 1 N–H and O–H groups in total. The predicted molar refractivity (Wildman–Crippen MR) is 142 cm³/mol. The number of H-pyrrole nitrogens is 1. The third-order valence-electron chi connectivity index (χ3n) is 6.76. The normalized spacial score (nSPS) is 20.5. The number of nitrogens with zero attached hydrogens (tertiary/aromatic N) is 4. The Balaban J connectivity index is 0.00000124. The van der Waals surface area contributed by atoms with Gasteiger partial charge in [-0.2, -0.15) is 4.98 Å². The number of pyridine rings is 1. The highest BCUT2D eigenvalue weighted by Gasteiger charge is 2.44. The molecule has 2 aliphatic heterocycles. The zero-order valence-corrected chi connectivity index (χ0v) is 21.4. The lowest BCUT2D eigenvalue weighted by Gasteiger charge is -2.24. The molecule has 2 aromatic heterocycles. The van der Waals surface area contributed by atoms with Crippen LogP contribution in [0.5, 0.6) is 0 Å². The second kappa shape index (κ2) is 10.9. The van der Waals surface area contributed by atoms with Crippen molar-refractivity contribution in [2.24, 2.45) is 4.99 Å². The molecule has 0 aliphatic carbocycles. The molecule has 1 aromatic carbocycles. The van der Waals surface area contributed by atoms with Crippen LogP contribution >= 0.6 is 0 Å². The first kappa shape index (κ1) is 25.4. The monoisotopic (exact) mass is 489 g/mol. The molecule has 2 atom stereocenters. The number of aryl methyl sites for hydroxylation is 1. The van der Waals surface area contributed by atoms with Crippen LogP contribution in [0.2, 0.25) is 0 Å². The van der Waals surface area contributed by atoms with E-state index < -0.39 is 0 Å². The molecule has 2 aliphatic rings. The van der Waals surface area contributed by atoms with Crippen LogP contribution in [0.4, 0.5) is 5.82 Å². The van der Waals surface area contributed by atoms with Crippen molar-refractivity contribution in [1.29, 1.82) is 0 Å². The Morgan fingerprint density at radius 2 is 2.00 bits per heavy atom. The van der Waals surface area contributed by atoms with Crippen LogP contribution in [0.1, 0.15) is 76.5 Å². The van der Waals surface area contributed by atoms with Gasteiger partial charge in [0.05, 0.1) is 30.2 Å². The van der Waals surface area contributed by atoms with Crippen LogP contribution in [0, 0.1) is 0 Å². The molecule has 1 saturated heterocycles. The summed E-state index contributed by atoms with van der Waals surface area (Å²) < 4.78 is 11.9. The van der Waals surface area contributed by atoms with E-state index in [1.165, 1.54) is 17.2 Å². The summed E-state index contributed by atoms with van der Waals surface area (Å²) >= 11 is 0. The van der Waals surface area contributed by atoms with Crippen molar-refractivity contribution in [3.63, 3.8) is 0 Å². The Kier molecular flexibility index (Phi) is 7.67. The minimum absolute atomic E-state index is 0. The van der Waals surface area contributed by atoms with Crippen molar-refractivity contribution in [3.05, 3.63) is 87.5 Å². The maximum absolute atomic E-state index is 11.6. The van der Waals surface area contributed by atoms with E-state index in [9.17, 15) is 4.79 Å². The zero-order valence-electron chi connectivity index (χ0n) is 21.4. The fourth-order valence-electron chi connectivity index (χ4n) is 4.57. The largest absolute Gasteiger partial charge is 0.372 e. The minimum Gasteiger partial charge on any atom is -0.372 e. The lowest BCUT2D eigenvalue weighted by atomic mass is 9.81. The molecule has 5 rings (SSSR count). The number of aromatic nitrogens is 3. The topological polar surface area (TPSA) is 96.6 Å². The average molecular weight is 490 g/mol. The molecule has 3 aromatic rings. The first-order valence-electron chi connectivity index (χ1n) is 12.5. The van der Waals surface area contributed by atoms with Crippen molar-refractivity contribution in [3.8, 4) is 0 Å². The van der Waals surface area contributed by atoms with Crippen LogP contribution in [-0.2, 0) is 23.1 Å². The maximum Gasteiger partial charge on any atom is 0.249 e. The first-order valence-corrected chi connectivity index (χ1v) is 12.5. The summed E-state index contributed by atoms with van der Waals surface area (Å²) in [5.41, 5.74) is 6.34. The van der Waals surface area contributed by atoms with Gasteiger partial charge in [0.1, 0.15) is 12.4 Å². The predicted octanol–water partition coefficient (Wildman–Crippen LogP) is 5.70. The van der Waals surface area contributed by atoms with E-state index in [0.29, 0.717) is 36.4 Å². The first-order chi connectivity index (χ1) is 17.5. The Morgan fingerprint density at radius 3 is 2.69 bits per heavy atom. The summed E-state index contributed by atoms with van der Waals surface area (Å²) in [4.78, 5) is 25.2. The van der Waals surface area contributed by atoms with Crippen molar-refractivity contribution < 1.29 is 10.7 Å². The van der Waals surface area contributed by atoms with Crippen LogP contribution in [0.3, 0.4) is 0 Å². The number of nitrogens with one attached hydrogen (secondary N) is 1. The summed E-state index contributed by atoms with van der Waals surface area (Å²) in [5.74, 6) is 1.61. The Bertz CT molecular complexity index is 1340. The molecule has 0 spiro atoms.